The second-order valence-corrected chi connectivity index (χ2v) is 6.25. The molecule has 0 radical (unpaired) electrons. The van der Waals surface area contributed by atoms with Crippen LogP contribution in [0.3, 0.4) is 0 Å². The number of amides is 1. The Hall–Kier alpha value is -2.33. The Morgan fingerprint density at radius 1 is 1.12 bits per heavy atom. The summed E-state index contributed by atoms with van der Waals surface area (Å²) < 4.78 is 4.82. The largest absolute Gasteiger partial charge is 0.467 e. The van der Waals surface area contributed by atoms with Gasteiger partial charge in [0, 0.05) is 10.9 Å². The molecule has 1 fully saturated rings. The summed E-state index contributed by atoms with van der Waals surface area (Å²) >= 11 is 6.20. The smallest absolute Gasteiger partial charge is 0.333 e. The summed E-state index contributed by atoms with van der Waals surface area (Å²) in [6.07, 6.45) is 0.734. The Bertz CT molecular complexity index is 747. The van der Waals surface area contributed by atoms with Crippen LogP contribution in [-0.4, -0.2) is 19.0 Å². The first-order valence-corrected chi connectivity index (χ1v) is 8.17. The molecular formula is C19H18ClNO3. The van der Waals surface area contributed by atoms with Gasteiger partial charge in [-0.1, -0.05) is 60.1 Å². The van der Waals surface area contributed by atoms with Gasteiger partial charge in [0.05, 0.1) is 7.11 Å². The number of benzene rings is 2. The van der Waals surface area contributed by atoms with Gasteiger partial charge in [0.25, 0.3) is 0 Å². The van der Waals surface area contributed by atoms with Crippen LogP contribution in [0.2, 0.25) is 5.02 Å². The van der Waals surface area contributed by atoms with Gasteiger partial charge in [-0.2, -0.15) is 0 Å². The van der Waals surface area contributed by atoms with E-state index in [1.54, 1.807) is 12.1 Å². The second kappa shape index (κ2) is 7.05. The molecular weight excluding hydrogens is 326 g/mol. The van der Waals surface area contributed by atoms with E-state index in [-0.39, 0.29) is 17.7 Å². The van der Waals surface area contributed by atoms with Crippen molar-refractivity contribution >= 4 is 23.5 Å². The van der Waals surface area contributed by atoms with Gasteiger partial charge in [-0.05, 0) is 29.5 Å². The Balaban J connectivity index is 1.71. The summed E-state index contributed by atoms with van der Waals surface area (Å²) in [5, 5.41) is 3.48. The highest BCUT2D eigenvalue weighted by Crippen LogP contribution is 2.49. The van der Waals surface area contributed by atoms with E-state index >= 15 is 0 Å². The lowest BCUT2D eigenvalue weighted by molar-refractivity contribution is -0.145. The molecule has 0 aromatic heterocycles. The van der Waals surface area contributed by atoms with Gasteiger partial charge >= 0.3 is 5.97 Å². The fraction of sp³-hybridized carbons (Fsp3) is 0.263. The van der Waals surface area contributed by atoms with Crippen molar-refractivity contribution in [1.29, 1.82) is 0 Å². The van der Waals surface area contributed by atoms with Crippen molar-refractivity contribution in [1.82, 2.24) is 5.32 Å². The van der Waals surface area contributed by atoms with Crippen molar-refractivity contribution in [2.75, 3.05) is 7.11 Å². The van der Waals surface area contributed by atoms with E-state index < -0.39 is 12.0 Å². The third kappa shape index (κ3) is 3.44. The molecule has 0 aliphatic heterocycles. The van der Waals surface area contributed by atoms with E-state index in [0.717, 1.165) is 12.0 Å². The van der Waals surface area contributed by atoms with Crippen LogP contribution in [0.15, 0.2) is 54.6 Å². The van der Waals surface area contributed by atoms with Crippen LogP contribution in [0.25, 0.3) is 0 Å². The van der Waals surface area contributed by atoms with Crippen LogP contribution < -0.4 is 5.32 Å². The Labute approximate surface area is 145 Å². The van der Waals surface area contributed by atoms with Gasteiger partial charge < -0.3 is 10.1 Å². The first kappa shape index (κ1) is 16.5. The lowest BCUT2D eigenvalue weighted by Crippen LogP contribution is -2.35. The van der Waals surface area contributed by atoms with Gasteiger partial charge in [-0.25, -0.2) is 4.79 Å². The topological polar surface area (TPSA) is 55.4 Å². The summed E-state index contributed by atoms with van der Waals surface area (Å²) in [4.78, 5) is 24.6. The van der Waals surface area contributed by atoms with E-state index in [4.69, 9.17) is 16.3 Å². The zero-order valence-corrected chi connectivity index (χ0v) is 14.0. The molecule has 0 saturated heterocycles. The normalized spacial score (nSPS) is 20.1. The van der Waals surface area contributed by atoms with Gasteiger partial charge in [-0.15, -0.1) is 0 Å². The molecule has 5 heteroatoms. The van der Waals surface area contributed by atoms with E-state index in [9.17, 15) is 9.59 Å². The minimum absolute atomic E-state index is 0.104. The molecule has 24 heavy (non-hydrogen) atoms. The summed E-state index contributed by atoms with van der Waals surface area (Å²) in [7, 11) is 1.31. The van der Waals surface area contributed by atoms with Crippen LogP contribution in [0.1, 0.15) is 29.5 Å². The highest BCUT2D eigenvalue weighted by atomic mass is 35.5. The van der Waals surface area contributed by atoms with Gasteiger partial charge in [0.15, 0.2) is 6.04 Å². The average molecular weight is 344 g/mol. The number of hydrogen-bond acceptors (Lipinski definition) is 3. The average Bonchev–Trinajstić information content (AvgIpc) is 3.40. The Morgan fingerprint density at radius 3 is 2.46 bits per heavy atom. The lowest BCUT2D eigenvalue weighted by Gasteiger charge is -2.17. The van der Waals surface area contributed by atoms with Crippen molar-refractivity contribution in [3.05, 3.63) is 70.7 Å². The highest BCUT2D eigenvalue weighted by Gasteiger charge is 2.45. The molecule has 124 valence electrons. The molecule has 0 bridgehead atoms. The standard InChI is InChI=1S/C19H18ClNO3/c1-24-19(23)17(12-7-3-2-4-8-12)21-18(22)15-11-14(15)13-9-5-6-10-16(13)20/h2-10,14-15,17H,11H2,1H3,(H,21,22). The first-order chi connectivity index (χ1) is 11.6. The fourth-order valence-electron chi connectivity index (χ4n) is 2.90. The summed E-state index contributed by atoms with van der Waals surface area (Å²) in [5.74, 6) is -0.697. The van der Waals surface area contributed by atoms with Crippen LogP contribution in [-0.2, 0) is 14.3 Å². The fourth-order valence-corrected chi connectivity index (χ4v) is 3.17. The van der Waals surface area contributed by atoms with Crippen molar-refractivity contribution in [3.63, 3.8) is 0 Å². The number of halogens is 1. The number of methoxy groups -OCH3 is 1. The number of carbonyl (C=O) groups is 2. The molecule has 1 amide bonds. The third-order valence-electron chi connectivity index (χ3n) is 4.29. The van der Waals surface area contributed by atoms with Crippen molar-refractivity contribution in [2.24, 2.45) is 5.92 Å². The summed E-state index contributed by atoms with van der Waals surface area (Å²) in [6.45, 7) is 0. The Kier molecular flexibility index (Phi) is 4.86. The maximum atomic E-state index is 12.5. The number of rotatable bonds is 5. The molecule has 0 heterocycles. The molecule has 2 aromatic carbocycles. The van der Waals surface area contributed by atoms with Gasteiger partial charge in [0.1, 0.15) is 0 Å². The predicted octanol–water partition coefficient (Wildman–Crippen LogP) is 3.47. The van der Waals surface area contributed by atoms with Crippen LogP contribution >= 0.6 is 11.6 Å². The van der Waals surface area contributed by atoms with E-state index in [0.29, 0.717) is 10.6 Å². The lowest BCUT2D eigenvalue weighted by atomic mass is 10.1. The molecule has 2 aromatic rings. The number of hydrogen-bond donors (Lipinski definition) is 1. The van der Waals surface area contributed by atoms with Crippen LogP contribution in [0, 0.1) is 5.92 Å². The van der Waals surface area contributed by atoms with Crippen molar-refractivity contribution in [2.45, 2.75) is 18.4 Å². The molecule has 1 aliphatic rings. The molecule has 3 unspecified atom stereocenters. The quantitative estimate of drug-likeness (QED) is 0.846. The van der Waals surface area contributed by atoms with Gasteiger partial charge in [0.2, 0.25) is 5.91 Å². The number of carbonyl (C=O) groups excluding carboxylic acids is 2. The summed E-state index contributed by atoms with van der Waals surface area (Å²) in [6, 6.07) is 15.8. The zero-order valence-electron chi connectivity index (χ0n) is 13.2. The van der Waals surface area contributed by atoms with Gasteiger partial charge in [-0.3, -0.25) is 4.79 Å². The maximum Gasteiger partial charge on any atom is 0.333 e. The minimum Gasteiger partial charge on any atom is -0.467 e. The molecule has 1 saturated carbocycles. The third-order valence-corrected chi connectivity index (χ3v) is 4.63. The number of esters is 1. The summed E-state index contributed by atoms with van der Waals surface area (Å²) in [5.41, 5.74) is 1.68. The Morgan fingerprint density at radius 2 is 1.79 bits per heavy atom. The van der Waals surface area contributed by atoms with Crippen molar-refractivity contribution in [3.8, 4) is 0 Å². The van der Waals surface area contributed by atoms with Crippen LogP contribution in [0.5, 0.6) is 0 Å². The van der Waals surface area contributed by atoms with Crippen molar-refractivity contribution < 1.29 is 14.3 Å². The molecule has 0 spiro atoms. The van der Waals surface area contributed by atoms with E-state index in [1.807, 2.05) is 42.5 Å². The predicted molar refractivity (Wildman–Crippen MR) is 91.6 cm³/mol. The number of ether oxygens (including phenoxy) is 1. The molecule has 1 N–H and O–H groups in total. The molecule has 4 nitrogen and oxygen atoms in total. The monoisotopic (exact) mass is 343 g/mol. The highest BCUT2D eigenvalue weighted by molar-refractivity contribution is 6.31. The maximum absolute atomic E-state index is 12.5. The first-order valence-electron chi connectivity index (χ1n) is 7.79. The molecule has 3 rings (SSSR count). The molecule has 3 atom stereocenters. The van der Waals surface area contributed by atoms with Crippen LogP contribution in [0.4, 0.5) is 0 Å². The zero-order chi connectivity index (χ0) is 17.1. The second-order valence-electron chi connectivity index (χ2n) is 5.85. The van der Waals surface area contributed by atoms with E-state index in [2.05, 4.69) is 5.32 Å². The van der Waals surface area contributed by atoms with E-state index in [1.165, 1.54) is 7.11 Å². The number of nitrogens with one attached hydrogen (secondary N) is 1. The molecule has 1 aliphatic carbocycles. The minimum atomic E-state index is -0.795. The SMILES string of the molecule is COC(=O)C(NC(=O)C1CC1c1ccccc1Cl)c1ccccc1.